The molecule has 0 unspecified atom stereocenters. The molecule has 0 aromatic carbocycles. The Morgan fingerprint density at radius 3 is 2.00 bits per heavy atom. The van der Waals surface area contributed by atoms with Crippen LogP contribution in [0.15, 0.2) is 36.2 Å². The van der Waals surface area contributed by atoms with E-state index in [2.05, 4.69) is 13.2 Å². The van der Waals surface area contributed by atoms with Gasteiger partial charge in [0.25, 0.3) is 0 Å². The molecular formula is C8H11F. The lowest BCUT2D eigenvalue weighted by molar-refractivity contribution is 0.644. The van der Waals surface area contributed by atoms with Gasteiger partial charge in [-0.2, -0.15) is 0 Å². The first-order valence-corrected chi connectivity index (χ1v) is 2.74. The highest BCUT2D eigenvalue weighted by molar-refractivity contribution is 5.30. The van der Waals surface area contributed by atoms with Crippen LogP contribution in [0.4, 0.5) is 4.39 Å². The lowest BCUT2D eigenvalue weighted by atomic mass is 10.2. The summed E-state index contributed by atoms with van der Waals surface area (Å²) in [5.41, 5.74) is 0.995. The van der Waals surface area contributed by atoms with Crippen molar-refractivity contribution in [3.63, 3.8) is 0 Å². The number of halogens is 1. The van der Waals surface area contributed by atoms with E-state index >= 15 is 0 Å². The maximum Gasteiger partial charge on any atom is 0.128 e. The van der Waals surface area contributed by atoms with Gasteiger partial charge in [-0.3, -0.25) is 0 Å². The Bertz CT molecular complexity index is 163. The van der Waals surface area contributed by atoms with E-state index in [1.165, 1.54) is 6.08 Å². The fourth-order valence-electron chi connectivity index (χ4n) is 0.426. The molecule has 0 saturated carbocycles. The first kappa shape index (κ1) is 8.15. The van der Waals surface area contributed by atoms with Gasteiger partial charge in [0.05, 0.1) is 0 Å². The van der Waals surface area contributed by atoms with Crippen LogP contribution in [0, 0.1) is 0 Å². The summed E-state index contributed by atoms with van der Waals surface area (Å²) in [7, 11) is 0. The maximum absolute atomic E-state index is 12.6. The highest BCUT2D eigenvalue weighted by Gasteiger charge is 1.96. The van der Waals surface area contributed by atoms with Gasteiger partial charge in [-0.1, -0.05) is 19.2 Å². The zero-order valence-corrected chi connectivity index (χ0v) is 5.87. The van der Waals surface area contributed by atoms with Gasteiger partial charge in [0.1, 0.15) is 5.83 Å². The molecule has 0 spiro atoms. The molecule has 0 N–H and O–H groups in total. The Kier molecular flexibility index (Phi) is 2.93. The van der Waals surface area contributed by atoms with E-state index in [0.717, 1.165) is 0 Å². The zero-order valence-electron chi connectivity index (χ0n) is 5.87. The Balaban J connectivity index is 4.47. The van der Waals surface area contributed by atoms with Crippen molar-refractivity contribution in [2.45, 2.75) is 13.8 Å². The third-order valence-electron chi connectivity index (χ3n) is 1.03. The Labute approximate surface area is 55.4 Å². The summed E-state index contributed by atoms with van der Waals surface area (Å²) >= 11 is 0. The van der Waals surface area contributed by atoms with Gasteiger partial charge in [0, 0.05) is 0 Å². The van der Waals surface area contributed by atoms with Crippen LogP contribution in [-0.4, -0.2) is 0 Å². The van der Waals surface area contributed by atoms with E-state index in [-0.39, 0.29) is 5.83 Å². The van der Waals surface area contributed by atoms with E-state index in [9.17, 15) is 4.39 Å². The summed E-state index contributed by atoms with van der Waals surface area (Å²) in [6.45, 7) is 10.2. The monoisotopic (exact) mass is 126 g/mol. The third kappa shape index (κ3) is 2.27. The zero-order chi connectivity index (χ0) is 7.44. The second-order valence-electron chi connectivity index (χ2n) is 1.98. The van der Waals surface area contributed by atoms with Gasteiger partial charge >= 0.3 is 0 Å². The van der Waals surface area contributed by atoms with Crippen molar-refractivity contribution in [2.75, 3.05) is 0 Å². The Morgan fingerprint density at radius 1 is 1.44 bits per heavy atom. The number of hydrogen-bond donors (Lipinski definition) is 0. The van der Waals surface area contributed by atoms with Crippen LogP contribution >= 0.6 is 0 Å². The molecule has 0 aliphatic heterocycles. The van der Waals surface area contributed by atoms with Crippen molar-refractivity contribution in [2.24, 2.45) is 0 Å². The second-order valence-corrected chi connectivity index (χ2v) is 1.98. The molecule has 0 saturated heterocycles. The van der Waals surface area contributed by atoms with E-state index < -0.39 is 0 Å². The summed E-state index contributed by atoms with van der Waals surface area (Å²) in [6, 6.07) is 0. The van der Waals surface area contributed by atoms with Crippen LogP contribution in [0.5, 0.6) is 0 Å². The lowest BCUT2D eigenvalue weighted by Gasteiger charge is -1.95. The van der Waals surface area contributed by atoms with E-state index in [1.807, 2.05) is 0 Å². The molecule has 1 heteroatoms. The molecule has 9 heavy (non-hydrogen) atoms. The van der Waals surface area contributed by atoms with Gasteiger partial charge < -0.3 is 0 Å². The minimum absolute atomic E-state index is 0.259. The minimum Gasteiger partial charge on any atom is -0.206 e. The molecule has 0 nitrogen and oxygen atoms in total. The molecule has 50 valence electrons. The topological polar surface area (TPSA) is 0 Å². The fraction of sp³-hybridized carbons (Fsp3) is 0.250. The molecule has 0 rings (SSSR count). The normalized spacial score (nSPS) is 12.3. The quantitative estimate of drug-likeness (QED) is 0.499. The van der Waals surface area contributed by atoms with E-state index in [0.29, 0.717) is 11.1 Å². The molecule has 0 amide bonds. The minimum atomic E-state index is -0.259. The summed E-state index contributed by atoms with van der Waals surface area (Å²) in [5.74, 6) is -0.259. The molecule has 0 aliphatic rings. The van der Waals surface area contributed by atoms with Crippen molar-refractivity contribution in [3.8, 4) is 0 Å². The van der Waals surface area contributed by atoms with Crippen LogP contribution in [0.25, 0.3) is 0 Å². The van der Waals surface area contributed by atoms with Gasteiger partial charge in [-0.15, -0.1) is 0 Å². The van der Waals surface area contributed by atoms with Crippen molar-refractivity contribution in [1.82, 2.24) is 0 Å². The highest BCUT2D eigenvalue weighted by atomic mass is 19.1. The van der Waals surface area contributed by atoms with E-state index in [4.69, 9.17) is 0 Å². The number of rotatable bonds is 2. The molecular weight excluding hydrogens is 115 g/mol. The van der Waals surface area contributed by atoms with Gasteiger partial charge in [-0.05, 0) is 25.0 Å². The van der Waals surface area contributed by atoms with E-state index in [1.54, 1.807) is 13.8 Å². The van der Waals surface area contributed by atoms with Gasteiger partial charge in [0.2, 0.25) is 0 Å². The largest absolute Gasteiger partial charge is 0.206 e. The van der Waals surface area contributed by atoms with Crippen LogP contribution in [0.1, 0.15) is 13.8 Å². The van der Waals surface area contributed by atoms with Gasteiger partial charge in [-0.25, -0.2) is 4.39 Å². The van der Waals surface area contributed by atoms with Crippen LogP contribution in [-0.2, 0) is 0 Å². The molecule has 0 aromatic rings. The SMILES string of the molecule is C=C/C(C)=C(/F)C(=C)C. The van der Waals surface area contributed by atoms with Crippen molar-refractivity contribution in [3.05, 3.63) is 36.2 Å². The summed E-state index contributed by atoms with van der Waals surface area (Å²) < 4.78 is 12.6. The summed E-state index contributed by atoms with van der Waals surface area (Å²) in [4.78, 5) is 0. The van der Waals surface area contributed by atoms with Crippen molar-refractivity contribution < 1.29 is 4.39 Å². The molecule has 0 fully saturated rings. The average Bonchev–Trinajstić information content (AvgIpc) is 1.84. The van der Waals surface area contributed by atoms with Gasteiger partial charge in [0.15, 0.2) is 0 Å². The summed E-state index contributed by atoms with van der Waals surface area (Å²) in [6.07, 6.45) is 1.48. The maximum atomic E-state index is 12.6. The average molecular weight is 126 g/mol. The Morgan fingerprint density at radius 2 is 1.89 bits per heavy atom. The molecule has 0 heterocycles. The Hall–Kier alpha value is -0.850. The fourth-order valence-corrected chi connectivity index (χ4v) is 0.426. The van der Waals surface area contributed by atoms with Crippen LogP contribution < -0.4 is 0 Å². The molecule has 0 aromatic heterocycles. The van der Waals surface area contributed by atoms with Crippen molar-refractivity contribution >= 4 is 0 Å². The second kappa shape index (κ2) is 3.23. The molecule has 0 atom stereocenters. The van der Waals surface area contributed by atoms with Crippen LogP contribution in [0.2, 0.25) is 0 Å². The third-order valence-corrected chi connectivity index (χ3v) is 1.03. The predicted molar refractivity (Wildman–Crippen MR) is 38.8 cm³/mol. The predicted octanol–water partition coefficient (Wildman–Crippen LogP) is 2.99. The molecule has 0 radical (unpaired) electrons. The standard InChI is InChI=1S/C8H11F/c1-5-7(4)8(9)6(2)3/h5H,1-2H2,3-4H3/b8-7+. The summed E-state index contributed by atoms with van der Waals surface area (Å²) in [5, 5.41) is 0. The number of allylic oxidation sites excluding steroid dienone is 4. The van der Waals surface area contributed by atoms with Crippen molar-refractivity contribution in [1.29, 1.82) is 0 Å². The lowest BCUT2D eigenvalue weighted by Crippen LogP contribution is -1.78. The first-order valence-electron chi connectivity index (χ1n) is 2.74. The molecule has 0 aliphatic carbocycles. The smallest absolute Gasteiger partial charge is 0.128 e. The highest BCUT2D eigenvalue weighted by Crippen LogP contribution is 2.13. The van der Waals surface area contributed by atoms with Crippen LogP contribution in [0.3, 0.4) is 0 Å². The number of hydrogen-bond acceptors (Lipinski definition) is 0. The first-order chi connectivity index (χ1) is 4.09. The molecule has 0 bridgehead atoms.